The Bertz CT molecular complexity index is 816. The van der Waals surface area contributed by atoms with Crippen LogP contribution >= 0.6 is 0 Å². The van der Waals surface area contributed by atoms with Crippen molar-refractivity contribution in [2.75, 3.05) is 0 Å². The second-order valence-electron chi connectivity index (χ2n) is 3.95. The topological polar surface area (TPSA) is 152 Å². The molecule has 1 aliphatic carbocycles. The lowest BCUT2D eigenvalue weighted by molar-refractivity contribution is -0.110. The van der Waals surface area contributed by atoms with Crippen molar-refractivity contribution >= 4 is 28.4 Å². The molecule has 0 amide bonds. The number of Topliss-reactive ketones (excluding diaryl/α,β-unsaturated/α-hetero) is 1. The third-order valence-corrected chi connectivity index (χ3v) is 2.84. The molecule has 8 nitrogen and oxygen atoms in total. The molecule has 0 aliphatic heterocycles. The zero-order chi connectivity index (χ0) is 16.5. The number of hydrogen-bond donors (Lipinski definition) is 0. The van der Waals surface area contributed by atoms with E-state index in [1.165, 1.54) is 15.9 Å². The minimum Gasteiger partial charge on any atom is -0.373 e. The number of hydrogen-bond acceptors (Lipinski definition) is 2. The molecular weight excluding hydrogens is 284 g/mol. The zero-order valence-electron chi connectivity index (χ0n) is 11.1. The Labute approximate surface area is 124 Å². The summed E-state index contributed by atoms with van der Waals surface area (Å²) in [6, 6.07) is 11.4. The van der Waals surface area contributed by atoms with Gasteiger partial charge in [0.05, 0.1) is 0 Å². The molecule has 0 saturated heterocycles. The predicted octanol–water partition coefficient (Wildman–Crippen LogP) is 4.35. The van der Waals surface area contributed by atoms with E-state index < -0.39 is 11.6 Å². The van der Waals surface area contributed by atoms with Gasteiger partial charge < -0.3 is 22.1 Å². The van der Waals surface area contributed by atoms with E-state index in [-0.39, 0.29) is 0 Å². The molecular formula is C14H8N6O2-2. The lowest BCUT2D eigenvalue weighted by Crippen LogP contribution is -2.16. The van der Waals surface area contributed by atoms with E-state index in [2.05, 4.69) is 0 Å². The Balaban J connectivity index is 0.000000353. The van der Waals surface area contributed by atoms with Gasteiger partial charge in [0, 0.05) is 5.56 Å². The number of fused-ring (bicyclic) bond motifs is 3. The number of rotatable bonds is 0. The number of nitrogens with zero attached hydrogens (tertiary/aromatic N) is 6. The van der Waals surface area contributed by atoms with Gasteiger partial charge in [-0.15, -0.1) is 0 Å². The zero-order valence-corrected chi connectivity index (χ0v) is 11.1. The van der Waals surface area contributed by atoms with Gasteiger partial charge in [0.25, 0.3) is 0 Å². The largest absolute Gasteiger partial charge is 0.373 e. The van der Waals surface area contributed by atoms with Gasteiger partial charge in [0.15, 0.2) is 0 Å². The maximum atomic E-state index is 11.7. The maximum absolute atomic E-state index is 11.7. The van der Waals surface area contributed by atoms with Crippen LogP contribution in [0.3, 0.4) is 0 Å². The first-order valence-corrected chi connectivity index (χ1v) is 5.86. The third-order valence-electron chi connectivity index (χ3n) is 2.84. The smallest absolute Gasteiger partial charge is 0.233 e. The van der Waals surface area contributed by atoms with Crippen LogP contribution in [0, 0.1) is 0 Å². The lowest BCUT2D eigenvalue weighted by atomic mass is 9.91. The molecule has 0 fully saturated rings. The molecule has 1 aliphatic rings. The minimum absolute atomic E-state index is 0.414. The minimum atomic E-state index is -0.442. The molecule has 0 spiro atoms. The molecule has 2 aromatic carbocycles. The Morgan fingerprint density at radius 1 is 0.773 bits per heavy atom. The van der Waals surface area contributed by atoms with Gasteiger partial charge in [-0.3, -0.25) is 19.4 Å². The monoisotopic (exact) mass is 292 g/mol. The summed E-state index contributed by atoms with van der Waals surface area (Å²) < 4.78 is 0. The first-order valence-electron chi connectivity index (χ1n) is 5.86. The van der Waals surface area contributed by atoms with Gasteiger partial charge in [0.2, 0.25) is 11.6 Å². The van der Waals surface area contributed by atoms with E-state index in [1.54, 1.807) is 12.1 Å². The fourth-order valence-electron chi connectivity index (χ4n) is 2.04. The van der Waals surface area contributed by atoms with Crippen molar-refractivity contribution in [2.24, 2.45) is 0 Å². The SMILES string of the molecule is O=C1C=Cc2c(ccc3ccccc23)C1=O.[N-]=[N+]=[N-].[N-]=[N+]=[N-]. The summed E-state index contributed by atoms with van der Waals surface area (Å²) in [4.78, 5) is 25.9. The molecule has 3 rings (SSSR count). The molecule has 0 aromatic heterocycles. The molecule has 2 aromatic rings. The summed E-state index contributed by atoms with van der Waals surface area (Å²) in [5.41, 5.74) is 28.4. The highest BCUT2D eigenvalue weighted by molar-refractivity contribution is 6.50. The number of benzene rings is 2. The van der Waals surface area contributed by atoms with E-state index >= 15 is 0 Å². The van der Waals surface area contributed by atoms with E-state index in [0.29, 0.717) is 5.56 Å². The Kier molecular flexibility index (Phi) is 5.88. The Morgan fingerprint density at radius 2 is 1.36 bits per heavy atom. The van der Waals surface area contributed by atoms with E-state index in [0.717, 1.165) is 16.3 Å². The number of carbonyl (C=O) groups is 2. The molecule has 108 valence electrons. The predicted molar refractivity (Wildman–Crippen MR) is 82.5 cm³/mol. The van der Waals surface area contributed by atoms with E-state index in [9.17, 15) is 9.59 Å². The van der Waals surface area contributed by atoms with Crippen LogP contribution in [0.4, 0.5) is 0 Å². The lowest BCUT2D eigenvalue weighted by Gasteiger charge is -2.11. The van der Waals surface area contributed by atoms with Crippen molar-refractivity contribution in [3.05, 3.63) is 85.5 Å². The summed E-state index contributed by atoms with van der Waals surface area (Å²) in [5, 5.41) is 2.09. The number of ketones is 2. The van der Waals surface area contributed by atoms with Gasteiger partial charge in [-0.2, -0.15) is 0 Å². The average Bonchev–Trinajstić information content (AvgIpc) is 2.52. The van der Waals surface area contributed by atoms with Crippen molar-refractivity contribution in [3.63, 3.8) is 0 Å². The van der Waals surface area contributed by atoms with Gasteiger partial charge >= 0.3 is 0 Å². The number of allylic oxidation sites excluding steroid dienone is 1. The van der Waals surface area contributed by atoms with Crippen LogP contribution in [0.1, 0.15) is 15.9 Å². The van der Waals surface area contributed by atoms with Gasteiger partial charge in [-0.25, -0.2) is 0 Å². The first kappa shape index (κ1) is 16.5. The molecule has 0 atom stereocenters. The van der Waals surface area contributed by atoms with Crippen LogP contribution < -0.4 is 0 Å². The standard InChI is InChI=1S/C14H8O2.2N3/c15-13-8-7-11-10-4-2-1-3-9(10)5-6-12(11)14(13)16;2*1-3-2/h1-8H;;/q;2*-1. The first-order chi connectivity index (χ1) is 10.6. The molecule has 8 heteroatoms. The van der Waals surface area contributed by atoms with Crippen LogP contribution in [-0.4, -0.2) is 11.6 Å². The maximum Gasteiger partial charge on any atom is 0.233 e. The van der Waals surface area contributed by atoms with Crippen LogP contribution in [0.15, 0.2) is 42.5 Å². The highest BCUT2D eigenvalue weighted by Gasteiger charge is 2.21. The highest BCUT2D eigenvalue weighted by atomic mass is 16.2. The normalized spacial score (nSPS) is 11.1. The van der Waals surface area contributed by atoms with E-state index in [4.69, 9.17) is 22.1 Å². The van der Waals surface area contributed by atoms with Crippen LogP contribution in [0.2, 0.25) is 0 Å². The molecule has 0 radical (unpaired) electrons. The van der Waals surface area contributed by atoms with Crippen molar-refractivity contribution < 1.29 is 9.59 Å². The van der Waals surface area contributed by atoms with Gasteiger partial charge in [0.1, 0.15) is 0 Å². The quantitative estimate of drug-likeness (QED) is 0.306. The van der Waals surface area contributed by atoms with Crippen molar-refractivity contribution in [3.8, 4) is 0 Å². The molecule has 22 heavy (non-hydrogen) atoms. The second-order valence-corrected chi connectivity index (χ2v) is 3.95. The number of carbonyl (C=O) groups excluding carboxylic acids is 2. The Morgan fingerprint density at radius 3 is 2.00 bits per heavy atom. The van der Waals surface area contributed by atoms with Crippen LogP contribution in [-0.2, 0) is 4.79 Å². The van der Waals surface area contributed by atoms with E-state index in [1.807, 2.05) is 30.3 Å². The van der Waals surface area contributed by atoms with Crippen molar-refractivity contribution in [2.45, 2.75) is 0 Å². The summed E-state index contributed by atoms with van der Waals surface area (Å²) in [7, 11) is 0. The summed E-state index contributed by atoms with van der Waals surface area (Å²) in [5.74, 6) is -0.856. The average molecular weight is 292 g/mol. The van der Waals surface area contributed by atoms with Gasteiger partial charge in [-0.1, -0.05) is 30.3 Å². The second kappa shape index (κ2) is 7.86. The summed E-state index contributed by atoms with van der Waals surface area (Å²) in [6.07, 6.45) is 3.07. The third kappa shape index (κ3) is 3.49. The fraction of sp³-hybridized carbons (Fsp3) is 0. The van der Waals surface area contributed by atoms with Crippen molar-refractivity contribution in [1.29, 1.82) is 0 Å². The molecule has 0 N–H and O–H groups in total. The molecule has 0 saturated carbocycles. The molecule has 0 heterocycles. The summed E-state index contributed by atoms with van der Waals surface area (Å²) in [6.45, 7) is 0. The van der Waals surface area contributed by atoms with Crippen molar-refractivity contribution in [1.82, 2.24) is 0 Å². The summed E-state index contributed by atoms with van der Waals surface area (Å²) >= 11 is 0. The fourth-order valence-corrected chi connectivity index (χ4v) is 2.04. The highest BCUT2D eigenvalue weighted by Crippen LogP contribution is 2.26. The van der Waals surface area contributed by atoms with Crippen LogP contribution in [0.25, 0.3) is 48.8 Å². The molecule has 0 unspecified atom stereocenters. The molecule has 0 bridgehead atoms. The van der Waals surface area contributed by atoms with Crippen LogP contribution in [0.5, 0.6) is 0 Å². The Hall–Kier alpha value is -3.60. The van der Waals surface area contributed by atoms with Gasteiger partial charge in [-0.05, 0) is 34.6 Å².